The van der Waals surface area contributed by atoms with Gasteiger partial charge in [-0.15, -0.1) is 0 Å². The van der Waals surface area contributed by atoms with E-state index in [0.29, 0.717) is 18.3 Å². The van der Waals surface area contributed by atoms with E-state index in [1.807, 2.05) is 0 Å². The van der Waals surface area contributed by atoms with Crippen molar-refractivity contribution in [2.24, 2.45) is 5.41 Å². The lowest BCUT2D eigenvalue weighted by molar-refractivity contribution is -0.144. The Morgan fingerprint density at radius 1 is 1.05 bits per heavy atom. The Balaban J connectivity index is 1.94. The smallest absolute Gasteiger partial charge is 0.329 e. The van der Waals surface area contributed by atoms with Crippen molar-refractivity contribution in [3.8, 4) is 0 Å². The number of carboxylic acid groups (broad SMARTS) is 1. The molecule has 0 aromatic heterocycles. The van der Waals surface area contributed by atoms with Gasteiger partial charge in [0.25, 0.3) is 0 Å². The third-order valence-electron chi connectivity index (χ3n) is 5.82. The second-order valence-electron chi connectivity index (χ2n) is 6.72. The van der Waals surface area contributed by atoms with Crippen LogP contribution in [0.5, 0.6) is 0 Å². The van der Waals surface area contributed by atoms with Crippen molar-refractivity contribution in [2.75, 3.05) is 13.1 Å². The van der Waals surface area contributed by atoms with Crippen molar-refractivity contribution in [2.45, 2.75) is 70.8 Å². The maximum absolute atomic E-state index is 12.4. The monoisotopic (exact) mass is 296 g/mol. The molecule has 5 heteroatoms. The van der Waals surface area contributed by atoms with E-state index in [9.17, 15) is 14.7 Å². The highest BCUT2D eigenvalue weighted by Gasteiger charge is 2.44. The molecular formula is C16H28N2O3. The fourth-order valence-corrected chi connectivity index (χ4v) is 3.80. The molecule has 1 saturated carbocycles. The van der Waals surface area contributed by atoms with Gasteiger partial charge in [0.05, 0.1) is 0 Å². The van der Waals surface area contributed by atoms with Gasteiger partial charge in [0.15, 0.2) is 0 Å². The third kappa shape index (κ3) is 3.16. The lowest BCUT2D eigenvalue weighted by Crippen LogP contribution is -2.57. The van der Waals surface area contributed by atoms with Crippen molar-refractivity contribution in [1.82, 2.24) is 10.2 Å². The Morgan fingerprint density at radius 3 is 2.00 bits per heavy atom. The summed E-state index contributed by atoms with van der Waals surface area (Å²) in [5, 5.41) is 12.2. The zero-order valence-corrected chi connectivity index (χ0v) is 13.3. The Hall–Kier alpha value is -1.26. The molecule has 2 rings (SSSR count). The Bertz CT molecular complexity index is 388. The Labute approximate surface area is 127 Å². The highest BCUT2D eigenvalue weighted by Crippen LogP contribution is 2.38. The zero-order chi connectivity index (χ0) is 15.5. The number of likely N-dealkylation sites (tertiary alicyclic amines) is 1. The van der Waals surface area contributed by atoms with Gasteiger partial charge < -0.3 is 15.3 Å². The van der Waals surface area contributed by atoms with E-state index in [2.05, 4.69) is 19.2 Å². The number of urea groups is 1. The molecule has 2 aliphatic rings. The average molecular weight is 296 g/mol. The van der Waals surface area contributed by atoms with Crippen LogP contribution < -0.4 is 5.32 Å². The first-order chi connectivity index (χ1) is 9.97. The second-order valence-corrected chi connectivity index (χ2v) is 6.72. The quantitative estimate of drug-likeness (QED) is 0.838. The summed E-state index contributed by atoms with van der Waals surface area (Å²) in [5.41, 5.74) is -0.657. The lowest BCUT2D eigenvalue weighted by Gasteiger charge is -2.41. The first kappa shape index (κ1) is 16.1. The van der Waals surface area contributed by atoms with Crippen LogP contribution in [0.4, 0.5) is 4.79 Å². The van der Waals surface area contributed by atoms with E-state index >= 15 is 0 Å². The van der Waals surface area contributed by atoms with Crippen LogP contribution in [-0.2, 0) is 4.79 Å². The number of carbonyl (C=O) groups is 2. The average Bonchev–Trinajstić information content (AvgIpc) is 2.97. The van der Waals surface area contributed by atoms with Crippen molar-refractivity contribution < 1.29 is 14.7 Å². The first-order valence-electron chi connectivity index (χ1n) is 8.27. The Kier molecular flexibility index (Phi) is 4.79. The maximum Gasteiger partial charge on any atom is 0.329 e. The maximum atomic E-state index is 12.4. The molecule has 1 heterocycles. The standard InChI is InChI=1S/C16H28N2O3/c1-3-15(4-2)9-11-18(12-10-15)14(21)17-16(13(19)20)7-5-6-8-16/h3-12H2,1-2H3,(H,17,21)(H,19,20). The molecule has 0 bridgehead atoms. The van der Waals surface area contributed by atoms with Crippen LogP contribution in [0, 0.1) is 5.41 Å². The number of nitrogens with one attached hydrogen (secondary N) is 1. The molecule has 0 aromatic rings. The normalized spacial score (nSPS) is 23.8. The number of hydrogen-bond donors (Lipinski definition) is 2. The largest absolute Gasteiger partial charge is 0.480 e. The third-order valence-corrected chi connectivity index (χ3v) is 5.82. The van der Waals surface area contributed by atoms with Gasteiger partial charge in [-0.1, -0.05) is 39.5 Å². The van der Waals surface area contributed by atoms with Gasteiger partial charge in [-0.25, -0.2) is 9.59 Å². The summed E-state index contributed by atoms with van der Waals surface area (Å²) >= 11 is 0. The number of amides is 2. The van der Waals surface area contributed by atoms with Crippen molar-refractivity contribution in [3.63, 3.8) is 0 Å². The van der Waals surface area contributed by atoms with Crippen LogP contribution in [0.1, 0.15) is 65.2 Å². The number of hydrogen-bond acceptors (Lipinski definition) is 2. The molecule has 0 aromatic carbocycles. The molecule has 0 unspecified atom stereocenters. The Morgan fingerprint density at radius 2 is 1.57 bits per heavy atom. The minimum atomic E-state index is -1.03. The summed E-state index contributed by atoms with van der Waals surface area (Å²) in [7, 11) is 0. The summed E-state index contributed by atoms with van der Waals surface area (Å²) in [5.74, 6) is -0.887. The zero-order valence-electron chi connectivity index (χ0n) is 13.3. The summed E-state index contributed by atoms with van der Waals surface area (Å²) < 4.78 is 0. The topological polar surface area (TPSA) is 69.6 Å². The molecule has 2 fully saturated rings. The molecule has 2 N–H and O–H groups in total. The van der Waals surface area contributed by atoms with Gasteiger partial charge in [0.1, 0.15) is 5.54 Å². The minimum Gasteiger partial charge on any atom is -0.480 e. The van der Waals surface area contributed by atoms with E-state index in [-0.39, 0.29) is 6.03 Å². The van der Waals surface area contributed by atoms with Crippen LogP contribution >= 0.6 is 0 Å². The minimum absolute atomic E-state index is 0.194. The number of nitrogens with zero attached hydrogens (tertiary/aromatic N) is 1. The SMILES string of the molecule is CCC1(CC)CCN(C(=O)NC2(C(=O)O)CCCC2)CC1. The van der Waals surface area contributed by atoms with Crippen LogP contribution in [-0.4, -0.2) is 40.6 Å². The number of piperidine rings is 1. The van der Waals surface area contributed by atoms with Crippen molar-refractivity contribution in [3.05, 3.63) is 0 Å². The molecular weight excluding hydrogens is 268 g/mol. The van der Waals surface area contributed by atoms with Gasteiger partial charge in [0, 0.05) is 13.1 Å². The number of rotatable bonds is 4. The van der Waals surface area contributed by atoms with E-state index in [4.69, 9.17) is 0 Å². The fraction of sp³-hybridized carbons (Fsp3) is 0.875. The fourth-order valence-electron chi connectivity index (χ4n) is 3.80. The predicted octanol–water partition coefficient (Wildman–Crippen LogP) is 3.00. The summed E-state index contributed by atoms with van der Waals surface area (Å²) in [6.07, 6.45) is 7.20. The van der Waals surface area contributed by atoms with Crippen LogP contribution in [0.15, 0.2) is 0 Å². The van der Waals surface area contributed by atoms with E-state index in [1.54, 1.807) is 4.90 Å². The lowest BCUT2D eigenvalue weighted by atomic mass is 9.74. The highest BCUT2D eigenvalue weighted by atomic mass is 16.4. The second kappa shape index (κ2) is 6.24. The molecule has 0 atom stereocenters. The van der Waals surface area contributed by atoms with Crippen LogP contribution in [0.25, 0.3) is 0 Å². The predicted molar refractivity (Wildman–Crippen MR) is 81.2 cm³/mol. The highest BCUT2D eigenvalue weighted by molar-refractivity contribution is 5.86. The number of carbonyl (C=O) groups excluding carboxylic acids is 1. The van der Waals surface area contributed by atoms with Crippen molar-refractivity contribution >= 4 is 12.0 Å². The van der Waals surface area contributed by atoms with E-state index in [0.717, 1.165) is 51.6 Å². The molecule has 21 heavy (non-hydrogen) atoms. The molecule has 120 valence electrons. The molecule has 1 aliphatic carbocycles. The van der Waals surface area contributed by atoms with E-state index in [1.165, 1.54) is 0 Å². The molecule has 1 aliphatic heterocycles. The summed E-state index contributed by atoms with van der Waals surface area (Å²) in [4.78, 5) is 25.7. The molecule has 0 radical (unpaired) electrons. The molecule has 5 nitrogen and oxygen atoms in total. The van der Waals surface area contributed by atoms with Crippen LogP contribution in [0.2, 0.25) is 0 Å². The molecule has 2 amide bonds. The van der Waals surface area contributed by atoms with Gasteiger partial charge >= 0.3 is 12.0 Å². The first-order valence-corrected chi connectivity index (χ1v) is 8.27. The van der Waals surface area contributed by atoms with Crippen LogP contribution in [0.3, 0.4) is 0 Å². The number of carboxylic acids is 1. The molecule has 1 saturated heterocycles. The summed E-state index contributed by atoms with van der Waals surface area (Å²) in [6, 6.07) is -0.194. The van der Waals surface area contributed by atoms with Gasteiger partial charge in [-0.2, -0.15) is 0 Å². The summed E-state index contributed by atoms with van der Waals surface area (Å²) in [6.45, 7) is 5.92. The van der Waals surface area contributed by atoms with E-state index < -0.39 is 11.5 Å². The van der Waals surface area contributed by atoms with Gasteiger partial charge in [-0.3, -0.25) is 0 Å². The molecule has 0 spiro atoms. The number of aliphatic carboxylic acids is 1. The van der Waals surface area contributed by atoms with Crippen molar-refractivity contribution in [1.29, 1.82) is 0 Å². The van der Waals surface area contributed by atoms with Gasteiger partial charge in [0.2, 0.25) is 0 Å². The van der Waals surface area contributed by atoms with Gasteiger partial charge in [-0.05, 0) is 31.1 Å².